The lowest BCUT2D eigenvalue weighted by Gasteiger charge is -2.39. The quantitative estimate of drug-likeness (QED) is 0.504. The molecule has 1 aliphatic carbocycles. The summed E-state index contributed by atoms with van der Waals surface area (Å²) in [5, 5.41) is 2.83. The first-order valence-corrected chi connectivity index (χ1v) is 12.1. The van der Waals surface area contributed by atoms with Crippen molar-refractivity contribution in [2.75, 3.05) is 11.9 Å². The van der Waals surface area contributed by atoms with E-state index < -0.39 is 17.5 Å². The van der Waals surface area contributed by atoms with Gasteiger partial charge in [0.15, 0.2) is 0 Å². The van der Waals surface area contributed by atoms with E-state index in [2.05, 4.69) is 17.2 Å². The van der Waals surface area contributed by atoms with Gasteiger partial charge in [-0.25, -0.2) is 4.79 Å². The fourth-order valence-electron chi connectivity index (χ4n) is 4.29. The highest BCUT2D eigenvalue weighted by molar-refractivity contribution is 6.31. The van der Waals surface area contributed by atoms with Crippen LogP contribution in [0.4, 0.5) is 10.5 Å². The Morgan fingerprint density at radius 1 is 1.19 bits per heavy atom. The molecule has 1 unspecified atom stereocenters. The van der Waals surface area contributed by atoms with Crippen molar-refractivity contribution in [2.45, 2.75) is 44.7 Å². The number of hydrogen-bond donors (Lipinski definition) is 1. The van der Waals surface area contributed by atoms with Crippen LogP contribution in [0.15, 0.2) is 36.4 Å². The second kappa shape index (κ2) is 8.99. The maximum atomic E-state index is 13.2. The number of fused-ring (bicyclic) bond motifs is 1. The molecule has 4 amide bonds. The molecule has 1 saturated carbocycles. The summed E-state index contributed by atoms with van der Waals surface area (Å²) in [6.07, 6.45) is 1.97. The molecule has 2 heterocycles. The van der Waals surface area contributed by atoms with Crippen molar-refractivity contribution in [1.29, 1.82) is 0 Å². The number of amides is 4. The van der Waals surface area contributed by atoms with E-state index in [1.165, 1.54) is 15.9 Å². The van der Waals surface area contributed by atoms with Crippen LogP contribution in [-0.4, -0.2) is 41.3 Å². The van der Waals surface area contributed by atoms with E-state index >= 15 is 0 Å². The normalized spacial score (nSPS) is 20.9. The number of imide groups is 1. The molecule has 0 aromatic heterocycles. The third-order valence-electron chi connectivity index (χ3n) is 6.87. The molecule has 2 aliphatic heterocycles. The zero-order valence-electron chi connectivity index (χ0n) is 19.9. The number of benzene rings is 2. The van der Waals surface area contributed by atoms with Crippen LogP contribution in [0.3, 0.4) is 0 Å². The van der Waals surface area contributed by atoms with E-state index in [4.69, 9.17) is 16.3 Å². The number of hydrogen-bond acceptors (Lipinski definition) is 5. The predicted octanol–water partition coefficient (Wildman–Crippen LogP) is 3.89. The number of piperidine rings is 1. The molecule has 8 nitrogen and oxygen atoms in total. The molecule has 1 N–H and O–H groups in total. The van der Waals surface area contributed by atoms with Gasteiger partial charge in [-0.15, -0.1) is 0 Å². The maximum Gasteiger partial charge on any atom is 0.419 e. The van der Waals surface area contributed by atoms with Crippen molar-refractivity contribution in [3.05, 3.63) is 58.1 Å². The minimum absolute atomic E-state index is 0.163. The lowest BCUT2D eigenvalue weighted by atomic mass is 9.89. The minimum Gasteiger partial charge on any atom is -0.410 e. The standard InChI is InChI=1S/C27H24ClN3O5/c1-27(12-11-23(32)29-25(27)34)31-15-18-7-9-20(14-21(18)24(31)33)36-26(35)30(2)19-8-10-22(28)17(13-19)6-5-16-3-4-16/h7-10,13-14,16H,3-4,11-12,15H2,1-2H3,(H,29,32,34). The van der Waals surface area contributed by atoms with E-state index in [1.807, 2.05) is 0 Å². The number of rotatable bonds is 3. The largest absolute Gasteiger partial charge is 0.419 e. The molecule has 2 fully saturated rings. The van der Waals surface area contributed by atoms with Gasteiger partial charge in [-0.1, -0.05) is 29.5 Å². The lowest BCUT2D eigenvalue weighted by Crippen LogP contribution is -2.61. The van der Waals surface area contributed by atoms with E-state index in [1.54, 1.807) is 44.3 Å². The van der Waals surface area contributed by atoms with Crippen molar-refractivity contribution in [2.24, 2.45) is 5.92 Å². The molecule has 5 rings (SSSR count). The first kappa shape index (κ1) is 23.9. The van der Waals surface area contributed by atoms with Crippen molar-refractivity contribution in [3.63, 3.8) is 0 Å². The summed E-state index contributed by atoms with van der Waals surface area (Å²) in [6, 6.07) is 9.96. The first-order chi connectivity index (χ1) is 17.2. The number of ether oxygens (including phenoxy) is 1. The Morgan fingerprint density at radius 3 is 2.69 bits per heavy atom. The molecule has 1 saturated heterocycles. The van der Waals surface area contributed by atoms with Gasteiger partial charge in [-0.3, -0.25) is 24.6 Å². The van der Waals surface area contributed by atoms with Crippen molar-refractivity contribution in [1.82, 2.24) is 10.2 Å². The van der Waals surface area contributed by atoms with Gasteiger partial charge in [0.1, 0.15) is 11.3 Å². The van der Waals surface area contributed by atoms with Gasteiger partial charge in [-0.2, -0.15) is 0 Å². The summed E-state index contributed by atoms with van der Waals surface area (Å²) in [4.78, 5) is 53.0. The van der Waals surface area contributed by atoms with Gasteiger partial charge in [-0.05, 0) is 62.1 Å². The molecule has 36 heavy (non-hydrogen) atoms. The second-order valence-corrected chi connectivity index (χ2v) is 9.90. The number of nitrogens with one attached hydrogen (secondary N) is 1. The lowest BCUT2D eigenvalue weighted by molar-refractivity contribution is -0.142. The third-order valence-corrected chi connectivity index (χ3v) is 7.20. The Bertz CT molecular complexity index is 1370. The zero-order chi connectivity index (χ0) is 25.6. The smallest absolute Gasteiger partial charge is 0.410 e. The Kier molecular flexibility index (Phi) is 5.97. The molecule has 0 radical (unpaired) electrons. The summed E-state index contributed by atoms with van der Waals surface area (Å²) >= 11 is 6.26. The molecule has 184 valence electrons. The number of halogens is 1. The molecule has 2 aromatic carbocycles. The highest BCUT2D eigenvalue weighted by Crippen LogP contribution is 2.35. The molecular formula is C27H24ClN3O5. The summed E-state index contributed by atoms with van der Waals surface area (Å²) in [6.45, 7) is 1.89. The van der Waals surface area contributed by atoms with Gasteiger partial charge in [0, 0.05) is 42.7 Å². The second-order valence-electron chi connectivity index (χ2n) is 9.50. The van der Waals surface area contributed by atoms with Gasteiger partial charge in [0.25, 0.3) is 11.8 Å². The molecular weight excluding hydrogens is 482 g/mol. The summed E-state index contributed by atoms with van der Waals surface area (Å²) in [5.41, 5.74) is 1.16. The Morgan fingerprint density at radius 2 is 1.97 bits per heavy atom. The van der Waals surface area contributed by atoms with Crippen LogP contribution in [0.5, 0.6) is 5.75 Å². The minimum atomic E-state index is -1.13. The van der Waals surface area contributed by atoms with Crippen molar-refractivity contribution < 1.29 is 23.9 Å². The fourth-order valence-corrected chi connectivity index (χ4v) is 4.46. The number of carbonyl (C=O) groups is 4. The van der Waals surface area contributed by atoms with E-state index in [0.717, 1.165) is 18.4 Å². The molecule has 1 atom stereocenters. The molecule has 9 heteroatoms. The highest BCUT2D eigenvalue weighted by atomic mass is 35.5. The topological polar surface area (TPSA) is 96.0 Å². The number of anilines is 1. The van der Waals surface area contributed by atoms with Crippen molar-refractivity contribution >= 4 is 41.1 Å². The van der Waals surface area contributed by atoms with E-state index in [9.17, 15) is 19.2 Å². The average molecular weight is 506 g/mol. The average Bonchev–Trinajstić information content (AvgIpc) is 3.63. The number of nitrogens with zero attached hydrogens (tertiary/aromatic N) is 2. The SMILES string of the molecule is CN(C(=O)Oc1ccc2c(c1)C(=O)N(C1(C)CCC(=O)NC1=O)C2)c1ccc(Cl)c(C#CC2CC2)c1. The maximum absolute atomic E-state index is 13.2. The molecule has 3 aliphatic rings. The van der Waals surface area contributed by atoms with Crippen molar-refractivity contribution in [3.8, 4) is 17.6 Å². The highest BCUT2D eigenvalue weighted by Gasteiger charge is 2.48. The van der Waals surface area contributed by atoms with Crippen LogP contribution in [0.1, 0.15) is 54.1 Å². The van der Waals surface area contributed by atoms with Crippen LogP contribution in [-0.2, 0) is 16.1 Å². The van der Waals surface area contributed by atoms with E-state index in [0.29, 0.717) is 27.8 Å². The molecule has 0 spiro atoms. The van der Waals surface area contributed by atoms with Crippen LogP contribution in [0, 0.1) is 17.8 Å². The van der Waals surface area contributed by atoms with Crippen LogP contribution >= 0.6 is 11.6 Å². The first-order valence-electron chi connectivity index (χ1n) is 11.7. The summed E-state index contributed by atoms with van der Waals surface area (Å²) in [5.74, 6) is 5.69. The fraction of sp³-hybridized carbons (Fsp3) is 0.333. The Labute approximate surface area is 213 Å². The van der Waals surface area contributed by atoms with E-state index in [-0.39, 0.29) is 37.0 Å². The summed E-state index contributed by atoms with van der Waals surface area (Å²) in [7, 11) is 1.58. The van der Waals surface area contributed by atoms with Gasteiger partial charge in [0.05, 0.1) is 5.02 Å². The van der Waals surface area contributed by atoms with Gasteiger partial charge in [0.2, 0.25) is 5.91 Å². The third kappa shape index (κ3) is 4.42. The van der Waals surface area contributed by atoms with Gasteiger partial charge < -0.3 is 9.64 Å². The Balaban J connectivity index is 1.31. The van der Waals surface area contributed by atoms with Crippen LogP contribution < -0.4 is 15.0 Å². The predicted molar refractivity (Wildman–Crippen MR) is 133 cm³/mol. The monoisotopic (exact) mass is 505 g/mol. The number of carbonyl (C=O) groups excluding carboxylic acids is 4. The Hall–Kier alpha value is -3.83. The molecule has 0 bridgehead atoms. The van der Waals surface area contributed by atoms with Crippen LogP contribution in [0.2, 0.25) is 5.02 Å². The molecule has 2 aromatic rings. The van der Waals surface area contributed by atoms with Crippen LogP contribution in [0.25, 0.3) is 0 Å². The van der Waals surface area contributed by atoms with Gasteiger partial charge >= 0.3 is 6.09 Å². The summed E-state index contributed by atoms with van der Waals surface area (Å²) < 4.78 is 5.55. The zero-order valence-corrected chi connectivity index (χ0v) is 20.6.